The smallest absolute Gasteiger partial charge is 0.354 e. The van der Waals surface area contributed by atoms with Crippen LogP contribution in [-0.4, -0.2) is 38.2 Å². The molecule has 1 aliphatic rings. The van der Waals surface area contributed by atoms with E-state index in [-0.39, 0.29) is 23.8 Å². The first-order valence-electron chi connectivity index (χ1n) is 5.25. The second-order valence-corrected chi connectivity index (χ2v) is 4.19. The van der Waals surface area contributed by atoms with Crippen molar-refractivity contribution < 1.29 is 19.9 Å². The molecule has 2 rings (SSSR count). The quantitative estimate of drug-likeness (QED) is 0.518. The second-order valence-electron chi connectivity index (χ2n) is 4.19. The maximum atomic E-state index is 10.8. The standard InChI is InChI=1S/C10H11N3O5/c14-5-10(3-4-10)12-8-7(13(17)18)2-1-6(11-8)9(15)16/h1-2,14H,3-5H2,(H,11,12)(H,15,16). The Kier molecular flexibility index (Phi) is 2.87. The molecule has 0 atom stereocenters. The molecule has 96 valence electrons. The van der Waals surface area contributed by atoms with Gasteiger partial charge in [-0.1, -0.05) is 0 Å². The Morgan fingerprint density at radius 1 is 1.56 bits per heavy atom. The molecule has 3 N–H and O–H groups in total. The van der Waals surface area contributed by atoms with Crippen LogP contribution < -0.4 is 5.32 Å². The van der Waals surface area contributed by atoms with Crippen LogP contribution in [0.5, 0.6) is 0 Å². The van der Waals surface area contributed by atoms with Crippen molar-refractivity contribution >= 4 is 17.5 Å². The van der Waals surface area contributed by atoms with E-state index in [2.05, 4.69) is 10.3 Å². The number of nitro groups is 1. The minimum atomic E-state index is -1.26. The Balaban J connectivity index is 2.37. The third-order valence-corrected chi connectivity index (χ3v) is 2.83. The van der Waals surface area contributed by atoms with Crippen molar-refractivity contribution in [2.45, 2.75) is 18.4 Å². The number of carbonyl (C=O) groups is 1. The van der Waals surface area contributed by atoms with Crippen LogP contribution in [0.2, 0.25) is 0 Å². The molecule has 1 aromatic heterocycles. The molecule has 1 fully saturated rings. The fourth-order valence-electron chi connectivity index (χ4n) is 1.53. The van der Waals surface area contributed by atoms with Crippen molar-refractivity contribution in [2.75, 3.05) is 11.9 Å². The SMILES string of the molecule is O=C(O)c1ccc([N+](=O)[O-])c(NC2(CO)CC2)n1. The Labute approximate surface area is 101 Å². The summed E-state index contributed by atoms with van der Waals surface area (Å²) < 4.78 is 0. The van der Waals surface area contributed by atoms with Gasteiger partial charge in [0.1, 0.15) is 0 Å². The van der Waals surface area contributed by atoms with Crippen LogP contribution in [-0.2, 0) is 0 Å². The molecule has 1 heterocycles. The molecule has 0 unspecified atom stereocenters. The van der Waals surface area contributed by atoms with Gasteiger partial charge in [-0.25, -0.2) is 9.78 Å². The monoisotopic (exact) mass is 253 g/mol. The molecular weight excluding hydrogens is 242 g/mol. The number of carboxylic acid groups (broad SMARTS) is 1. The maximum Gasteiger partial charge on any atom is 0.354 e. The van der Waals surface area contributed by atoms with E-state index in [4.69, 9.17) is 10.2 Å². The molecule has 0 bridgehead atoms. The number of pyridine rings is 1. The molecule has 1 aliphatic carbocycles. The predicted molar refractivity (Wildman–Crippen MR) is 60.5 cm³/mol. The minimum absolute atomic E-state index is 0.119. The highest BCUT2D eigenvalue weighted by Crippen LogP contribution is 2.39. The lowest BCUT2D eigenvalue weighted by Gasteiger charge is -2.15. The number of hydrogen-bond donors (Lipinski definition) is 3. The van der Waals surface area contributed by atoms with Crippen molar-refractivity contribution in [3.63, 3.8) is 0 Å². The van der Waals surface area contributed by atoms with Gasteiger partial charge in [-0.2, -0.15) is 0 Å². The first-order chi connectivity index (χ1) is 8.47. The molecule has 0 amide bonds. The van der Waals surface area contributed by atoms with Crippen LogP contribution in [0.25, 0.3) is 0 Å². The summed E-state index contributed by atoms with van der Waals surface area (Å²) >= 11 is 0. The third-order valence-electron chi connectivity index (χ3n) is 2.83. The van der Waals surface area contributed by atoms with Gasteiger partial charge in [-0.3, -0.25) is 10.1 Å². The molecule has 0 aliphatic heterocycles. The first kappa shape index (κ1) is 12.2. The van der Waals surface area contributed by atoms with E-state index in [1.165, 1.54) is 0 Å². The van der Waals surface area contributed by atoms with E-state index in [0.717, 1.165) is 12.1 Å². The van der Waals surface area contributed by atoms with Crippen LogP contribution >= 0.6 is 0 Å². The fourth-order valence-corrected chi connectivity index (χ4v) is 1.53. The molecule has 8 nitrogen and oxygen atoms in total. The Morgan fingerprint density at radius 3 is 2.67 bits per heavy atom. The zero-order chi connectivity index (χ0) is 13.3. The van der Waals surface area contributed by atoms with E-state index in [9.17, 15) is 14.9 Å². The number of aliphatic hydroxyl groups excluding tert-OH is 1. The third kappa shape index (κ3) is 2.23. The zero-order valence-electron chi connectivity index (χ0n) is 9.29. The summed E-state index contributed by atoms with van der Waals surface area (Å²) in [6, 6.07) is 2.16. The summed E-state index contributed by atoms with van der Waals surface area (Å²) in [6.45, 7) is -0.177. The van der Waals surface area contributed by atoms with E-state index in [0.29, 0.717) is 12.8 Å². The van der Waals surface area contributed by atoms with Gasteiger partial charge in [0, 0.05) is 6.07 Å². The molecule has 1 saturated carbocycles. The largest absolute Gasteiger partial charge is 0.477 e. The topological polar surface area (TPSA) is 126 Å². The number of anilines is 1. The highest BCUT2D eigenvalue weighted by atomic mass is 16.6. The van der Waals surface area contributed by atoms with Crippen LogP contribution in [0.15, 0.2) is 12.1 Å². The number of aromatic nitrogens is 1. The molecule has 0 aromatic carbocycles. The van der Waals surface area contributed by atoms with Gasteiger partial charge in [0.05, 0.1) is 17.1 Å². The molecule has 0 radical (unpaired) electrons. The molecule has 0 saturated heterocycles. The van der Waals surface area contributed by atoms with E-state index < -0.39 is 16.4 Å². The van der Waals surface area contributed by atoms with Crippen molar-refractivity contribution in [1.82, 2.24) is 4.98 Å². The molecule has 8 heteroatoms. The van der Waals surface area contributed by atoms with Crippen LogP contribution in [0, 0.1) is 10.1 Å². The lowest BCUT2D eigenvalue weighted by atomic mass is 10.2. The van der Waals surface area contributed by atoms with Gasteiger partial charge in [0.15, 0.2) is 5.69 Å². The number of hydrogen-bond acceptors (Lipinski definition) is 6. The van der Waals surface area contributed by atoms with Crippen LogP contribution in [0.3, 0.4) is 0 Å². The molecule has 1 aromatic rings. The number of rotatable bonds is 5. The average molecular weight is 253 g/mol. The molecule has 18 heavy (non-hydrogen) atoms. The lowest BCUT2D eigenvalue weighted by molar-refractivity contribution is -0.384. The normalized spacial score (nSPS) is 16.1. The lowest BCUT2D eigenvalue weighted by Crippen LogP contribution is -2.27. The van der Waals surface area contributed by atoms with Crippen molar-refractivity contribution in [3.8, 4) is 0 Å². The van der Waals surface area contributed by atoms with Crippen LogP contribution in [0.1, 0.15) is 23.3 Å². The Morgan fingerprint density at radius 2 is 2.22 bits per heavy atom. The Bertz CT molecular complexity index is 512. The fraction of sp³-hybridized carbons (Fsp3) is 0.400. The summed E-state index contributed by atoms with van der Waals surface area (Å²) in [7, 11) is 0. The number of nitrogens with one attached hydrogen (secondary N) is 1. The molecule has 0 spiro atoms. The van der Waals surface area contributed by atoms with Gasteiger partial charge in [-0.05, 0) is 18.9 Å². The maximum absolute atomic E-state index is 10.8. The number of aliphatic hydroxyl groups is 1. The summed E-state index contributed by atoms with van der Waals surface area (Å²) in [5.41, 5.74) is -1.19. The van der Waals surface area contributed by atoms with Gasteiger partial charge in [0.25, 0.3) is 0 Å². The van der Waals surface area contributed by atoms with Gasteiger partial charge >= 0.3 is 11.7 Å². The summed E-state index contributed by atoms with van der Waals surface area (Å²) in [5.74, 6) is -1.38. The Hall–Kier alpha value is -2.22. The molecular formula is C10H11N3O5. The highest BCUT2D eigenvalue weighted by Gasteiger charge is 2.43. The van der Waals surface area contributed by atoms with E-state index >= 15 is 0 Å². The van der Waals surface area contributed by atoms with E-state index in [1.807, 2.05) is 0 Å². The first-order valence-corrected chi connectivity index (χ1v) is 5.25. The van der Waals surface area contributed by atoms with Crippen molar-refractivity contribution in [1.29, 1.82) is 0 Å². The van der Waals surface area contributed by atoms with Crippen molar-refractivity contribution in [2.24, 2.45) is 0 Å². The number of carboxylic acids is 1. The highest BCUT2D eigenvalue weighted by molar-refractivity contribution is 5.86. The van der Waals surface area contributed by atoms with Gasteiger partial charge < -0.3 is 15.5 Å². The summed E-state index contributed by atoms with van der Waals surface area (Å²) in [5, 5.41) is 31.5. The predicted octanol–water partition coefficient (Wildman–Crippen LogP) is 0.625. The number of aromatic carboxylic acids is 1. The zero-order valence-corrected chi connectivity index (χ0v) is 9.29. The van der Waals surface area contributed by atoms with Gasteiger partial charge in [0.2, 0.25) is 5.82 Å². The summed E-state index contributed by atoms with van der Waals surface area (Å²) in [4.78, 5) is 24.6. The van der Waals surface area contributed by atoms with Crippen LogP contribution in [0.4, 0.5) is 11.5 Å². The van der Waals surface area contributed by atoms with Gasteiger partial charge in [-0.15, -0.1) is 0 Å². The van der Waals surface area contributed by atoms with E-state index in [1.54, 1.807) is 0 Å². The average Bonchev–Trinajstić information content (AvgIpc) is 3.09. The van der Waals surface area contributed by atoms with Crippen molar-refractivity contribution in [3.05, 3.63) is 27.9 Å². The summed E-state index contributed by atoms with van der Waals surface area (Å²) in [6.07, 6.45) is 1.33. The second kappa shape index (κ2) is 4.22. The number of nitrogens with zero attached hydrogens (tertiary/aromatic N) is 2. The minimum Gasteiger partial charge on any atom is -0.477 e.